The SMILES string of the molecule is NCCNC(=O)CCCC(=O)Nc1nc2c(s1)CC(Nc1ncnc3ccc(F)cc13)CC2. The summed E-state index contributed by atoms with van der Waals surface area (Å²) in [5.74, 6) is 0.0272. The molecular weight excluding hydrogens is 445 g/mol. The average Bonchev–Trinajstić information content (AvgIpc) is 3.19. The molecule has 5 N–H and O–H groups in total. The number of anilines is 2. The summed E-state index contributed by atoms with van der Waals surface area (Å²) < 4.78 is 13.7. The topological polar surface area (TPSA) is 135 Å². The van der Waals surface area contributed by atoms with E-state index in [0.717, 1.165) is 29.8 Å². The quantitative estimate of drug-likeness (QED) is 0.376. The van der Waals surface area contributed by atoms with E-state index in [2.05, 4.69) is 30.9 Å². The van der Waals surface area contributed by atoms with Crippen molar-refractivity contribution in [2.75, 3.05) is 23.7 Å². The van der Waals surface area contributed by atoms with E-state index in [1.54, 1.807) is 6.07 Å². The molecule has 1 aliphatic carbocycles. The van der Waals surface area contributed by atoms with Gasteiger partial charge in [-0.2, -0.15) is 0 Å². The second-order valence-electron chi connectivity index (χ2n) is 7.90. The Labute approximate surface area is 194 Å². The van der Waals surface area contributed by atoms with Crippen LogP contribution in [0.4, 0.5) is 15.3 Å². The van der Waals surface area contributed by atoms with E-state index >= 15 is 0 Å². The van der Waals surface area contributed by atoms with Crippen LogP contribution in [0.3, 0.4) is 0 Å². The van der Waals surface area contributed by atoms with Gasteiger partial charge in [0.15, 0.2) is 5.13 Å². The molecule has 1 aromatic carbocycles. The smallest absolute Gasteiger partial charge is 0.226 e. The van der Waals surface area contributed by atoms with Gasteiger partial charge in [-0.15, -0.1) is 11.3 Å². The second kappa shape index (κ2) is 10.6. The molecule has 2 amide bonds. The highest BCUT2D eigenvalue weighted by molar-refractivity contribution is 7.15. The van der Waals surface area contributed by atoms with E-state index in [-0.39, 0.29) is 36.5 Å². The number of nitrogens with one attached hydrogen (secondary N) is 3. The van der Waals surface area contributed by atoms with Crippen LogP contribution >= 0.6 is 11.3 Å². The van der Waals surface area contributed by atoms with Crippen molar-refractivity contribution in [3.05, 3.63) is 40.9 Å². The molecule has 9 nitrogen and oxygen atoms in total. The maximum Gasteiger partial charge on any atom is 0.226 e. The van der Waals surface area contributed by atoms with Gasteiger partial charge in [0, 0.05) is 48.7 Å². The summed E-state index contributed by atoms with van der Waals surface area (Å²) in [6.07, 6.45) is 4.84. The van der Waals surface area contributed by atoms with E-state index in [4.69, 9.17) is 5.73 Å². The maximum atomic E-state index is 13.7. The third-order valence-corrected chi connectivity index (χ3v) is 6.43. The number of aromatic nitrogens is 3. The van der Waals surface area contributed by atoms with Gasteiger partial charge in [0.25, 0.3) is 0 Å². The molecule has 0 saturated carbocycles. The minimum Gasteiger partial charge on any atom is -0.366 e. The van der Waals surface area contributed by atoms with Crippen LogP contribution in [0.5, 0.6) is 0 Å². The molecule has 1 atom stereocenters. The molecule has 0 aliphatic heterocycles. The van der Waals surface area contributed by atoms with Gasteiger partial charge in [-0.3, -0.25) is 9.59 Å². The summed E-state index contributed by atoms with van der Waals surface area (Å²) in [5, 5.41) is 10.2. The zero-order valence-electron chi connectivity index (χ0n) is 18.1. The molecule has 0 bridgehead atoms. The number of hydrogen-bond acceptors (Lipinski definition) is 8. The third kappa shape index (κ3) is 5.99. The van der Waals surface area contributed by atoms with Crippen molar-refractivity contribution in [2.24, 2.45) is 5.73 Å². The van der Waals surface area contributed by atoms with Crippen LogP contribution in [-0.2, 0) is 22.4 Å². The Balaban J connectivity index is 1.32. The predicted molar refractivity (Wildman–Crippen MR) is 126 cm³/mol. The lowest BCUT2D eigenvalue weighted by atomic mass is 9.97. The Kier molecular flexibility index (Phi) is 7.40. The Morgan fingerprint density at radius 1 is 1.21 bits per heavy atom. The minimum absolute atomic E-state index is 0.101. The van der Waals surface area contributed by atoms with Crippen LogP contribution in [0.15, 0.2) is 24.5 Å². The molecule has 0 spiro atoms. The van der Waals surface area contributed by atoms with E-state index in [0.29, 0.717) is 41.4 Å². The number of carbonyl (C=O) groups is 2. The fraction of sp³-hybridized carbons (Fsp3) is 0.409. The van der Waals surface area contributed by atoms with Crippen LogP contribution in [0.25, 0.3) is 10.9 Å². The number of hydrogen-bond donors (Lipinski definition) is 4. The van der Waals surface area contributed by atoms with Crippen LogP contribution in [0.2, 0.25) is 0 Å². The largest absolute Gasteiger partial charge is 0.366 e. The molecule has 1 aliphatic rings. The molecule has 0 radical (unpaired) electrons. The minimum atomic E-state index is -0.328. The zero-order chi connectivity index (χ0) is 23.2. The molecule has 2 heterocycles. The Bertz CT molecular complexity index is 1150. The van der Waals surface area contributed by atoms with Crippen molar-refractivity contribution in [3.63, 3.8) is 0 Å². The standard InChI is InChI=1S/C22H26FN7O2S/c23-13-4-6-16-15(10-13)21(27-12-26-16)28-14-5-7-17-18(11-14)33-22(29-17)30-20(32)3-1-2-19(31)25-9-8-24/h4,6,10,12,14H,1-3,5,7-9,11,24H2,(H,25,31)(H,26,27,28)(H,29,30,32). The van der Waals surface area contributed by atoms with E-state index in [1.165, 1.54) is 29.8 Å². The van der Waals surface area contributed by atoms with Gasteiger partial charge in [-0.25, -0.2) is 19.3 Å². The molecule has 4 rings (SSSR count). The van der Waals surface area contributed by atoms with Crippen LogP contribution < -0.4 is 21.7 Å². The third-order valence-electron chi connectivity index (χ3n) is 5.40. The Morgan fingerprint density at radius 3 is 2.91 bits per heavy atom. The van der Waals surface area contributed by atoms with Crippen molar-refractivity contribution in [3.8, 4) is 0 Å². The van der Waals surface area contributed by atoms with Crippen LogP contribution in [0.1, 0.15) is 36.3 Å². The van der Waals surface area contributed by atoms with Crippen molar-refractivity contribution in [2.45, 2.75) is 44.6 Å². The predicted octanol–water partition coefficient (Wildman–Crippen LogP) is 2.38. The van der Waals surface area contributed by atoms with Crippen molar-refractivity contribution >= 4 is 45.0 Å². The summed E-state index contributed by atoms with van der Waals surface area (Å²) in [5.41, 5.74) is 7.03. The molecule has 174 valence electrons. The second-order valence-corrected chi connectivity index (χ2v) is 8.98. The van der Waals surface area contributed by atoms with Gasteiger partial charge < -0.3 is 21.7 Å². The van der Waals surface area contributed by atoms with Gasteiger partial charge in [-0.05, 0) is 37.5 Å². The van der Waals surface area contributed by atoms with Crippen molar-refractivity contribution in [1.29, 1.82) is 0 Å². The molecule has 11 heteroatoms. The molecule has 3 aromatic rings. The number of carbonyl (C=O) groups excluding carboxylic acids is 2. The summed E-state index contributed by atoms with van der Waals surface area (Å²) in [6, 6.07) is 4.58. The fourth-order valence-electron chi connectivity index (χ4n) is 3.78. The number of benzene rings is 1. The number of thiazole rings is 1. The lowest BCUT2D eigenvalue weighted by Gasteiger charge is -2.23. The van der Waals surface area contributed by atoms with Crippen molar-refractivity contribution < 1.29 is 14.0 Å². The fourth-order valence-corrected chi connectivity index (χ4v) is 4.88. The highest BCUT2D eigenvalue weighted by Crippen LogP contribution is 2.32. The van der Waals surface area contributed by atoms with Crippen LogP contribution in [-0.4, -0.2) is 45.9 Å². The average molecular weight is 472 g/mol. The lowest BCUT2D eigenvalue weighted by Crippen LogP contribution is -2.28. The number of nitrogens with two attached hydrogens (primary N) is 1. The highest BCUT2D eigenvalue weighted by atomic mass is 32.1. The van der Waals surface area contributed by atoms with E-state index < -0.39 is 0 Å². The first-order chi connectivity index (χ1) is 16.0. The maximum absolute atomic E-state index is 13.7. The van der Waals surface area contributed by atoms with Gasteiger partial charge >= 0.3 is 0 Å². The monoisotopic (exact) mass is 471 g/mol. The van der Waals surface area contributed by atoms with Gasteiger partial charge in [0.2, 0.25) is 11.8 Å². The molecular formula is C22H26FN7O2S. The van der Waals surface area contributed by atoms with E-state index in [9.17, 15) is 14.0 Å². The molecule has 33 heavy (non-hydrogen) atoms. The van der Waals surface area contributed by atoms with Gasteiger partial charge in [0.1, 0.15) is 18.0 Å². The number of rotatable bonds is 9. The number of fused-ring (bicyclic) bond motifs is 2. The number of amides is 2. The Morgan fingerprint density at radius 2 is 2.06 bits per heavy atom. The number of aryl methyl sites for hydroxylation is 1. The highest BCUT2D eigenvalue weighted by Gasteiger charge is 2.24. The molecule has 0 fully saturated rings. The summed E-state index contributed by atoms with van der Waals surface area (Å²) in [6.45, 7) is 0.835. The number of halogens is 1. The lowest BCUT2D eigenvalue weighted by molar-refractivity contribution is -0.121. The van der Waals surface area contributed by atoms with E-state index in [1.807, 2.05) is 0 Å². The normalized spacial score (nSPS) is 15.2. The van der Waals surface area contributed by atoms with Crippen LogP contribution in [0, 0.1) is 5.82 Å². The first kappa shape index (κ1) is 23.0. The number of nitrogens with zero attached hydrogens (tertiary/aromatic N) is 3. The molecule has 1 unspecified atom stereocenters. The van der Waals surface area contributed by atoms with Crippen molar-refractivity contribution in [1.82, 2.24) is 20.3 Å². The summed E-state index contributed by atoms with van der Waals surface area (Å²) in [4.78, 5) is 38.0. The van der Waals surface area contributed by atoms with Gasteiger partial charge in [0.05, 0.1) is 11.2 Å². The first-order valence-corrected chi connectivity index (χ1v) is 11.8. The molecule has 2 aromatic heterocycles. The Hall–Kier alpha value is -3.18. The molecule has 0 saturated heterocycles. The summed E-state index contributed by atoms with van der Waals surface area (Å²) in [7, 11) is 0. The first-order valence-electron chi connectivity index (χ1n) is 10.9. The van der Waals surface area contributed by atoms with Gasteiger partial charge in [-0.1, -0.05) is 0 Å². The summed E-state index contributed by atoms with van der Waals surface area (Å²) >= 11 is 1.47. The zero-order valence-corrected chi connectivity index (χ0v) is 18.9.